The number of nitrogens with zero attached hydrogens (tertiary/aromatic N) is 2. The number of anilines is 2. The van der Waals surface area contributed by atoms with Crippen molar-refractivity contribution in [2.45, 2.75) is 26.3 Å². The van der Waals surface area contributed by atoms with Crippen LogP contribution in [0.25, 0.3) is 0 Å². The summed E-state index contributed by atoms with van der Waals surface area (Å²) in [4.78, 5) is 28.8. The Hall–Kier alpha value is -2.82. The summed E-state index contributed by atoms with van der Waals surface area (Å²) in [5.41, 5.74) is 2.82. The lowest BCUT2D eigenvalue weighted by Crippen LogP contribution is -2.58. The normalized spacial score (nSPS) is 17.5. The van der Waals surface area contributed by atoms with Gasteiger partial charge in [-0.3, -0.25) is 4.79 Å². The second-order valence-corrected chi connectivity index (χ2v) is 6.14. The first-order valence-corrected chi connectivity index (χ1v) is 8.63. The van der Waals surface area contributed by atoms with Crippen molar-refractivity contribution < 1.29 is 9.59 Å². The molecule has 2 aromatic rings. The van der Waals surface area contributed by atoms with Crippen molar-refractivity contribution >= 4 is 23.3 Å². The minimum atomic E-state index is -0.498. The van der Waals surface area contributed by atoms with E-state index in [1.807, 2.05) is 54.6 Å². The number of benzene rings is 2. The fourth-order valence-corrected chi connectivity index (χ4v) is 3.18. The summed E-state index contributed by atoms with van der Waals surface area (Å²) >= 11 is 0. The number of urea groups is 1. The van der Waals surface area contributed by atoms with Crippen molar-refractivity contribution in [2.24, 2.45) is 0 Å². The van der Waals surface area contributed by atoms with Gasteiger partial charge in [-0.1, -0.05) is 43.3 Å². The molecule has 1 N–H and O–H groups in total. The van der Waals surface area contributed by atoms with E-state index in [4.69, 9.17) is 0 Å². The second kappa shape index (κ2) is 7.38. The van der Waals surface area contributed by atoms with Crippen LogP contribution in [0.3, 0.4) is 0 Å². The first kappa shape index (κ1) is 17.0. The maximum atomic E-state index is 12.9. The summed E-state index contributed by atoms with van der Waals surface area (Å²) in [7, 11) is 0. The highest BCUT2D eigenvalue weighted by Crippen LogP contribution is 2.25. The average Bonchev–Trinajstić information content (AvgIpc) is 2.64. The Morgan fingerprint density at radius 2 is 1.76 bits per heavy atom. The zero-order valence-corrected chi connectivity index (χ0v) is 14.6. The van der Waals surface area contributed by atoms with E-state index in [0.717, 1.165) is 23.4 Å². The monoisotopic (exact) mass is 337 g/mol. The van der Waals surface area contributed by atoms with E-state index < -0.39 is 6.04 Å². The van der Waals surface area contributed by atoms with E-state index in [1.54, 1.807) is 16.7 Å². The zero-order chi connectivity index (χ0) is 17.8. The summed E-state index contributed by atoms with van der Waals surface area (Å²) in [5.74, 6) is -0.0460. The van der Waals surface area contributed by atoms with Gasteiger partial charge in [0.25, 0.3) is 0 Å². The molecule has 0 unspecified atom stereocenters. The molecular formula is C20H23N3O2. The van der Waals surface area contributed by atoms with Crippen LogP contribution in [0.15, 0.2) is 54.6 Å². The molecule has 3 amide bonds. The number of hydrogen-bond acceptors (Lipinski definition) is 2. The number of aryl methyl sites for hydroxylation is 1. The maximum absolute atomic E-state index is 12.9. The summed E-state index contributed by atoms with van der Waals surface area (Å²) in [6.45, 7) is 4.87. The highest BCUT2D eigenvalue weighted by molar-refractivity contribution is 6.02. The number of nitrogens with one attached hydrogen (secondary N) is 1. The van der Waals surface area contributed by atoms with Crippen LogP contribution in [0, 0.1) is 0 Å². The second-order valence-electron chi connectivity index (χ2n) is 6.14. The predicted octanol–water partition coefficient (Wildman–Crippen LogP) is 3.52. The van der Waals surface area contributed by atoms with E-state index in [9.17, 15) is 9.59 Å². The van der Waals surface area contributed by atoms with Gasteiger partial charge in [0.2, 0.25) is 5.91 Å². The molecule has 0 radical (unpaired) electrons. The van der Waals surface area contributed by atoms with Crippen molar-refractivity contribution in [1.82, 2.24) is 4.90 Å². The quantitative estimate of drug-likeness (QED) is 0.932. The molecule has 0 aromatic heterocycles. The molecule has 0 aliphatic carbocycles. The number of hydrogen-bond donors (Lipinski definition) is 1. The van der Waals surface area contributed by atoms with E-state index in [2.05, 4.69) is 12.2 Å². The van der Waals surface area contributed by atoms with Gasteiger partial charge >= 0.3 is 6.03 Å². The summed E-state index contributed by atoms with van der Waals surface area (Å²) < 4.78 is 0. The minimum Gasteiger partial charge on any atom is -0.311 e. The molecule has 0 spiro atoms. The highest BCUT2D eigenvalue weighted by atomic mass is 16.2. The Labute approximate surface area is 148 Å². The molecular weight excluding hydrogens is 314 g/mol. The van der Waals surface area contributed by atoms with E-state index in [1.165, 1.54) is 0 Å². The van der Waals surface area contributed by atoms with Crippen LogP contribution in [0.1, 0.15) is 19.4 Å². The summed E-state index contributed by atoms with van der Waals surface area (Å²) in [6.07, 6.45) is 0.868. The van der Waals surface area contributed by atoms with Gasteiger partial charge in [0.15, 0.2) is 0 Å². The minimum absolute atomic E-state index is 0.0460. The molecule has 1 fully saturated rings. The van der Waals surface area contributed by atoms with E-state index in [0.29, 0.717) is 13.1 Å². The molecule has 5 nitrogen and oxygen atoms in total. The van der Waals surface area contributed by atoms with Crippen LogP contribution in [-0.2, 0) is 11.2 Å². The lowest BCUT2D eigenvalue weighted by molar-refractivity contribution is -0.123. The van der Waals surface area contributed by atoms with Crippen molar-refractivity contribution in [3.8, 4) is 0 Å². The van der Waals surface area contributed by atoms with Gasteiger partial charge < -0.3 is 15.1 Å². The number of para-hydroxylation sites is 2. The van der Waals surface area contributed by atoms with Gasteiger partial charge in [-0.25, -0.2) is 4.79 Å². The van der Waals surface area contributed by atoms with Crippen molar-refractivity contribution in [1.29, 1.82) is 0 Å². The molecule has 0 bridgehead atoms. The molecule has 0 saturated carbocycles. The third-order valence-electron chi connectivity index (χ3n) is 4.60. The van der Waals surface area contributed by atoms with Crippen LogP contribution >= 0.6 is 0 Å². The fourth-order valence-electron chi connectivity index (χ4n) is 3.18. The average molecular weight is 337 g/mol. The Morgan fingerprint density at radius 3 is 2.48 bits per heavy atom. The molecule has 2 aromatic carbocycles. The number of piperazine rings is 1. The molecule has 1 atom stereocenters. The van der Waals surface area contributed by atoms with Crippen LogP contribution in [0.4, 0.5) is 16.2 Å². The first-order valence-electron chi connectivity index (χ1n) is 8.63. The Morgan fingerprint density at radius 1 is 1.08 bits per heavy atom. The van der Waals surface area contributed by atoms with Gasteiger partial charge in [0.05, 0.1) is 0 Å². The molecule has 1 aliphatic heterocycles. The topological polar surface area (TPSA) is 52.6 Å². The maximum Gasteiger partial charge on any atom is 0.322 e. The van der Waals surface area contributed by atoms with Crippen molar-refractivity contribution in [3.05, 3.63) is 60.2 Å². The lowest BCUT2D eigenvalue weighted by Gasteiger charge is -2.39. The number of rotatable bonds is 3. The van der Waals surface area contributed by atoms with Crippen molar-refractivity contribution in [2.75, 3.05) is 23.3 Å². The number of carbonyl (C=O) groups is 2. The van der Waals surface area contributed by atoms with Crippen LogP contribution in [0.5, 0.6) is 0 Å². The molecule has 25 heavy (non-hydrogen) atoms. The van der Waals surface area contributed by atoms with E-state index in [-0.39, 0.29) is 11.9 Å². The zero-order valence-electron chi connectivity index (χ0n) is 14.6. The Balaban J connectivity index is 1.74. The van der Waals surface area contributed by atoms with E-state index >= 15 is 0 Å². The van der Waals surface area contributed by atoms with Crippen LogP contribution < -0.4 is 10.2 Å². The van der Waals surface area contributed by atoms with Gasteiger partial charge in [0.1, 0.15) is 6.04 Å². The predicted molar refractivity (Wildman–Crippen MR) is 99.8 cm³/mol. The molecule has 5 heteroatoms. The number of carbonyl (C=O) groups excluding carboxylic acids is 2. The molecule has 1 heterocycles. The molecule has 1 aliphatic rings. The van der Waals surface area contributed by atoms with Gasteiger partial charge in [-0.05, 0) is 37.1 Å². The van der Waals surface area contributed by atoms with Gasteiger partial charge in [-0.15, -0.1) is 0 Å². The molecule has 130 valence electrons. The summed E-state index contributed by atoms with van der Waals surface area (Å²) in [6, 6.07) is 16.5. The van der Waals surface area contributed by atoms with Gasteiger partial charge in [0, 0.05) is 24.5 Å². The Bertz CT molecular complexity index is 761. The largest absolute Gasteiger partial charge is 0.322 e. The highest BCUT2D eigenvalue weighted by Gasteiger charge is 2.35. The SMILES string of the molecule is CCc1ccccc1N1CCN(C(=O)Nc2ccccc2)[C@@H](C)C1=O. The summed E-state index contributed by atoms with van der Waals surface area (Å²) in [5, 5.41) is 2.86. The molecule has 3 rings (SSSR count). The Kier molecular flexibility index (Phi) is 5.03. The third-order valence-corrected chi connectivity index (χ3v) is 4.60. The van der Waals surface area contributed by atoms with Crippen LogP contribution in [0.2, 0.25) is 0 Å². The smallest absolute Gasteiger partial charge is 0.311 e. The molecule has 1 saturated heterocycles. The lowest BCUT2D eigenvalue weighted by atomic mass is 10.1. The van der Waals surface area contributed by atoms with Gasteiger partial charge in [-0.2, -0.15) is 0 Å². The van der Waals surface area contributed by atoms with Crippen molar-refractivity contribution in [3.63, 3.8) is 0 Å². The number of amides is 3. The standard InChI is InChI=1S/C20H23N3O2/c1-3-16-9-7-8-12-18(16)23-14-13-22(15(2)19(23)24)20(25)21-17-10-5-4-6-11-17/h4-12,15H,3,13-14H2,1-2H3,(H,21,25)/t15-/m0/s1. The van der Waals surface area contributed by atoms with Crippen LogP contribution in [-0.4, -0.2) is 36.0 Å². The third kappa shape index (κ3) is 3.50. The fraction of sp³-hybridized carbons (Fsp3) is 0.300. The first-order chi connectivity index (χ1) is 12.1.